The second-order valence-corrected chi connectivity index (χ2v) is 6.80. The lowest BCUT2D eigenvalue weighted by molar-refractivity contribution is -0.149. The summed E-state index contributed by atoms with van der Waals surface area (Å²) in [5, 5.41) is 2.87. The number of carbonyl (C=O) groups is 2. The zero-order valence-electron chi connectivity index (χ0n) is 14.0. The number of halogens is 1. The normalized spacial score (nSPS) is 19.3. The molecular formula is C17H21BrN2O5. The summed E-state index contributed by atoms with van der Waals surface area (Å²) in [6, 6.07) is 3.27. The molecule has 0 bridgehead atoms. The first-order valence-electron chi connectivity index (χ1n) is 8.40. The van der Waals surface area contributed by atoms with Gasteiger partial charge in [0, 0.05) is 29.7 Å². The van der Waals surface area contributed by atoms with Crippen molar-refractivity contribution in [3.63, 3.8) is 0 Å². The van der Waals surface area contributed by atoms with Crippen LogP contribution in [0.1, 0.15) is 19.8 Å². The molecule has 0 radical (unpaired) electrons. The van der Waals surface area contributed by atoms with Gasteiger partial charge in [-0.05, 0) is 35.7 Å². The summed E-state index contributed by atoms with van der Waals surface area (Å²) in [4.78, 5) is 26.2. The quantitative estimate of drug-likeness (QED) is 0.771. The number of piperidine rings is 1. The molecule has 1 fully saturated rings. The first-order valence-corrected chi connectivity index (χ1v) is 9.19. The standard InChI is InChI=1S/C17H21BrN2O5/c1-2-23-16(21)11-4-3-5-20(10-11)17(22)19-13-9-15-14(8-12(13)18)24-6-7-25-15/h8-9,11H,2-7,10H2,1H3,(H,19,22). The average Bonchev–Trinajstić information content (AvgIpc) is 2.62. The third-order valence-corrected chi connectivity index (χ3v) is 4.86. The molecule has 1 aromatic carbocycles. The van der Waals surface area contributed by atoms with Gasteiger partial charge in [-0.1, -0.05) is 0 Å². The number of nitrogens with one attached hydrogen (secondary N) is 1. The van der Waals surface area contributed by atoms with Gasteiger partial charge in [-0.25, -0.2) is 4.79 Å². The van der Waals surface area contributed by atoms with Crippen molar-refractivity contribution in [3.05, 3.63) is 16.6 Å². The van der Waals surface area contributed by atoms with Crippen LogP contribution in [0.4, 0.5) is 10.5 Å². The number of ether oxygens (including phenoxy) is 3. The topological polar surface area (TPSA) is 77.1 Å². The smallest absolute Gasteiger partial charge is 0.321 e. The van der Waals surface area contributed by atoms with Gasteiger partial charge in [-0.15, -0.1) is 0 Å². The molecule has 3 rings (SSSR count). The van der Waals surface area contributed by atoms with Crippen LogP contribution in [-0.2, 0) is 9.53 Å². The van der Waals surface area contributed by atoms with Crippen molar-refractivity contribution in [1.82, 2.24) is 4.90 Å². The van der Waals surface area contributed by atoms with E-state index in [0.717, 1.165) is 12.8 Å². The maximum absolute atomic E-state index is 12.6. The number of urea groups is 1. The zero-order chi connectivity index (χ0) is 17.8. The highest BCUT2D eigenvalue weighted by molar-refractivity contribution is 9.10. The van der Waals surface area contributed by atoms with Crippen LogP contribution in [-0.4, -0.2) is 49.8 Å². The largest absolute Gasteiger partial charge is 0.486 e. The Morgan fingerprint density at radius 3 is 2.76 bits per heavy atom. The SMILES string of the molecule is CCOC(=O)C1CCCN(C(=O)Nc2cc3c(cc2Br)OCCO3)C1. The van der Waals surface area contributed by atoms with Crippen LogP contribution in [0.2, 0.25) is 0 Å². The summed E-state index contributed by atoms with van der Waals surface area (Å²) >= 11 is 3.44. The summed E-state index contributed by atoms with van der Waals surface area (Å²) in [6.45, 7) is 4.11. The fourth-order valence-corrected chi connectivity index (χ4v) is 3.39. The number of likely N-dealkylation sites (tertiary alicyclic amines) is 1. The molecule has 2 aliphatic heterocycles. The van der Waals surface area contributed by atoms with Crippen molar-refractivity contribution in [2.75, 3.05) is 38.2 Å². The molecule has 2 aliphatic rings. The highest BCUT2D eigenvalue weighted by Crippen LogP contribution is 2.38. The monoisotopic (exact) mass is 412 g/mol. The molecule has 0 saturated carbocycles. The van der Waals surface area contributed by atoms with E-state index < -0.39 is 0 Å². The summed E-state index contributed by atoms with van der Waals surface area (Å²) < 4.78 is 16.8. The van der Waals surface area contributed by atoms with Gasteiger partial charge < -0.3 is 24.4 Å². The Bertz CT molecular complexity index is 667. The van der Waals surface area contributed by atoms with Crippen LogP contribution in [0.15, 0.2) is 16.6 Å². The lowest BCUT2D eigenvalue weighted by atomic mass is 9.98. The second kappa shape index (κ2) is 7.95. The highest BCUT2D eigenvalue weighted by Gasteiger charge is 2.29. The van der Waals surface area contributed by atoms with E-state index in [0.29, 0.717) is 54.6 Å². The minimum Gasteiger partial charge on any atom is -0.486 e. The lowest BCUT2D eigenvalue weighted by Gasteiger charge is -2.31. The Morgan fingerprint density at radius 1 is 1.32 bits per heavy atom. The van der Waals surface area contributed by atoms with E-state index in [1.165, 1.54) is 0 Å². The molecule has 1 unspecified atom stereocenters. The maximum atomic E-state index is 12.6. The maximum Gasteiger partial charge on any atom is 0.321 e. The van der Waals surface area contributed by atoms with Gasteiger partial charge in [0.05, 0.1) is 18.2 Å². The number of anilines is 1. The molecule has 0 aromatic heterocycles. The number of fused-ring (bicyclic) bond motifs is 1. The molecule has 0 aliphatic carbocycles. The molecule has 1 aromatic rings. The van der Waals surface area contributed by atoms with Crippen LogP contribution < -0.4 is 14.8 Å². The van der Waals surface area contributed by atoms with E-state index in [1.807, 2.05) is 0 Å². The minimum atomic E-state index is -0.261. The van der Waals surface area contributed by atoms with Crippen LogP contribution in [0.5, 0.6) is 11.5 Å². The van der Waals surface area contributed by atoms with E-state index in [-0.39, 0.29) is 17.9 Å². The van der Waals surface area contributed by atoms with Crippen molar-refractivity contribution < 1.29 is 23.8 Å². The van der Waals surface area contributed by atoms with Gasteiger partial charge in [-0.3, -0.25) is 4.79 Å². The molecule has 25 heavy (non-hydrogen) atoms. The van der Waals surface area contributed by atoms with Crippen molar-refractivity contribution in [2.24, 2.45) is 5.92 Å². The molecule has 1 N–H and O–H groups in total. The number of esters is 1. The number of hydrogen-bond donors (Lipinski definition) is 1. The minimum absolute atomic E-state index is 0.236. The number of carbonyl (C=O) groups excluding carboxylic acids is 2. The third-order valence-electron chi connectivity index (χ3n) is 4.20. The molecular weight excluding hydrogens is 392 g/mol. The summed E-state index contributed by atoms with van der Waals surface area (Å²) in [5.41, 5.74) is 0.604. The van der Waals surface area contributed by atoms with E-state index in [4.69, 9.17) is 14.2 Å². The van der Waals surface area contributed by atoms with Gasteiger partial charge in [0.15, 0.2) is 11.5 Å². The summed E-state index contributed by atoms with van der Waals surface area (Å²) in [6.07, 6.45) is 1.52. The number of rotatable bonds is 3. The highest BCUT2D eigenvalue weighted by atomic mass is 79.9. The third kappa shape index (κ3) is 4.18. The predicted octanol–water partition coefficient (Wildman–Crippen LogP) is 3.03. The first kappa shape index (κ1) is 17.8. The Balaban J connectivity index is 1.66. The lowest BCUT2D eigenvalue weighted by Crippen LogP contribution is -2.44. The number of benzene rings is 1. The van der Waals surface area contributed by atoms with Crippen molar-refractivity contribution >= 4 is 33.6 Å². The summed E-state index contributed by atoms with van der Waals surface area (Å²) in [5.74, 6) is 0.757. The fourth-order valence-electron chi connectivity index (χ4n) is 2.97. The van der Waals surface area contributed by atoms with Crippen LogP contribution in [0.25, 0.3) is 0 Å². The first-order chi connectivity index (χ1) is 12.1. The van der Waals surface area contributed by atoms with Crippen LogP contribution in [0.3, 0.4) is 0 Å². The molecule has 7 nitrogen and oxygen atoms in total. The van der Waals surface area contributed by atoms with Gasteiger partial charge in [0.2, 0.25) is 0 Å². The van der Waals surface area contributed by atoms with Crippen LogP contribution in [0, 0.1) is 5.92 Å². The average molecular weight is 413 g/mol. The van der Waals surface area contributed by atoms with Gasteiger partial charge in [0.25, 0.3) is 0 Å². The molecule has 8 heteroatoms. The second-order valence-electron chi connectivity index (χ2n) is 5.94. The van der Waals surface area contributed by atoms with E-state index in [1.54, 1.807) is 24.0 Å². The van der Waals surface area contributed by atoms with Gasteiger partial charge >= 0.3 is 12.0 Å². The molecule has 1 saturated heterocycles. The van der Waals surface area contributed by atoms with Gasteiger partial charge in [-0.2, -0.15) is 0 Å². The van der Waals surface area contributed by atoms with E-state index in [9.17, 15) is 9.59 Å². The van der Waals surface area contributed by atoms with E-state index >= 15 is 0 Å². The van der Waals surface area contributed by atoms with Crippen LogP contribution >= 0.6 is 15.9 Å². The van der Waals surface area contributed by atoms with Crippen molar-refractivity contribution in [2.45, 2.75) is 19.8 Å². The molecule has 2 heterocycles. The van der Waals surface area contributed by atoms with Crippen molar-refractivity contribution in [1.29, 1.82) is 0 Å². The van der Waals surface area contributed by atoms with Gasteiger partial charge in [0.1, 0.15) is 13.2 Å². The predicted molar refractivity (Wildman–Crippen MR) is 95.1 cm³/mol. The summed E-state index contributed by atoms with van der Waals surface area (Å²) in [7, 11) is 0. The Kier molecular flexibility index (Phi) is 5.67. The fraction of sp³-hybridized carbons (Fsp3) is 0.529. The zero-order valence-corrected chi connectivity index (χ0v) is 15.6. The molecule has 1 atom stereocenters. The van der Waals surface area contributed by atoms with Crippen molar-refractivity contribution in [3.8, 4) is 11.5 Å². The van der Waals surface area contributed by atoms with E-state index in [2.05, 4.69) is 21.2 Å². The molecule has 136 valence electrons. The Hall–Kier alpha value is -1.96. The molecule has 0 spiro atoms. The number of hydrogen-bond acceptors (Lipinski definition) is 5. The number of nitrogens with zero attached hydrogens (tertiary/aromatic N) is 1. The Morgan fingerprint density at radius 2 is 2.04 bits per heavy atom. The Labute approximate surface area is 154 Å². The molecule has 2 amide bonds. The number of amides is 2.